The number of methoxy groups -OCH3 is 1. The molecule has 1 aliphatic heterocycles. The van der Waals surface area contributed by atoms with Gasteiger partial charge < -0.3 is 10.1 Å². The van der Waals surface area contributed by atoms with Gasteiger partial charge in [-0.25, -0.2) is 4.98 Å². The van der Waals surface area contributed by atoms with Crippen molar-refractivity contribution < 1.29 is 14.3 Å². The van der Waals surface area contributed by atoms with E-state index in [1.807, 2.05) is 12.1 Å². The third-order valence-electron chi connectivity index (χ3n) is 3.84. The molecule has 6 heteroatoms. The lowest BCUT2D eigenvalue weighted by Gasteiger charge is -2.17. The zero-order chi connectivity index (χ0) is 17.1. The minimum absolute atomic E-state index is 0.0609. The van der Waals surface area contributed by atoms with Gasteiger partial charge in [-0.05, 0) is 17.7 Å². The predicted molar refractivity (Wildman–Crippen MR) is 89.1 cm³/mol. The van der Waals surface area contributed by atoms with E-state index >= 15 is 0 Å². The number of benzene rings is 1. The van der Waals surface area contributed by atoms with E-state index in [1.165, 1.54) is 12.0 Å². The fourth-order valence-electron chi connectivity index (χ4n) is 2.57. The monoisotopic (exact) mass is 323 g/mol. The molecular formula is C18H17N3O3. The molecule has 3 rings (SSSR count). The Hall–Kier alpha value is -3.15. The minimum Gasteiger partial charge on any atom is -0.481 e. The van der Waals surface area contributed by atoms with Crippen molar-refractivity contribution >= 4 is 17.5 Å². The van der Waals surface area contributed by atoms with Crippen LogP contribution in [-0.2, 0) is 11.3 Å². The molecule has 1 aromatic heterocycles. The molecule has 0 bridgehead atoms. The maximum Gasteiger partial charge on any atom is 0.259 e. The summed E-state index contributed by atoms with van der Waals surface area (Å²) in [5.74, 6) is 0.0321. The first kappa shape index (κ1) is 15.7. The molecule has 122 valence electrons. The molecule has 1 N–H and O–H groups in total. The minimum atomic E-state index is -0.256. The number of carbonyl (C=O) groups is 2. The van der Waals surface area contributed by atoms with Crippen LogP contribution >= 0.6 is 0 Å². The van der Waals surface area contributed by atoms with E-state index in [2.05, 4.69) is 16.9 Å². The Labute approximate surface area is 139 Å². The maximum absolute atomic E-state index is 12.4. The smallest absolute Gasteiger partial charge is 0.259 e. The van der Waals surface area contributed by atoms with Gasteiger partial charge in [-0.2, -0.15) is 0 Å². The molecule has 0 unspecified atom stereocenters. The lowest BCUT2D eigenvalue weighted by Crippen LogP contribution is -2.36. The first-order chi connectivity index (χ1) is 11.6. The van der Waals surface area contributed by atoms with Crippen LogP contribution < -0.4 is 10.1 Å². The van der Waals surface area contributed by atoms with Crippen molar-refractivity contribution in [2.45, 2.75) is 6.54 Å². The maximum atomic E-state index is 12.4. The molecule has 0 atom stereocenters. The van der Waals surface area contributed by atoms with Gasteiger partial charge >= 0.3 is 0 Å². The van der Waals surface area contributed by atoms with Crippen molar-refractivity contribution in [2.24, 2.45) is 0 Å². The van der Waals surface area contributed by atoms with Crippen molar-refractivity contribution in [1.29, 1.82) is 0 Å². The first-order valence-electron chi connectivity index (χ1n) is 7.46. The van der Waals surface area contributed by atoms with Crippen LogP contribution in [0.2, 0.25) is 0 Å². The van der Waals surface area contributed by atoms with Gasteiger partial charge in [0.1, 0.15) is 6.54 Å². The third-order valence-corrected chi connectivity index (χ3v) is 3.84. The summed E-state index contributed by atoms with van der Waals surface area (Å²) in [6.07, 6.45) is 1.61. The molecule has 0 spiro atoms. The van der Waals surface area contributed by atoms with E-state index in [0.29, 0.717) is 23.7 Å². The number of rotatable bonds is 5. The Balaban J connectivity index is 1.62. The lowest BCUT2D eigenvalue weighted by atomic mass is 10.1. The number of amides is 2. The van der Waals surface area contributed by atoms with Crippen LogP contribution in [0, 0.1) is 0 Å². The number of fused-ring (bicyclic) bond motifs is 1. The van der Waals surface area contributed by atoms with Gasteiger partial charge in [0.15, 0.2) is 0 Å². The summed E-state index contributed by atoms with van der Waals surface area (Å²) in [5.41, 5.74) is 2.77. The molecule has 2 heterocycles. The zero-order valence-electron chi connectivity index (χ0n) is 13.3. The van der Waals surface area contributed by atoms with Crippen LogP contribution in [0.15, 0.2) is 49.2 Å². The molecule has 0 saturated carbocycles. The zero-order valence-corrected chi connectivity index (χ0v) is 13.3. The highest BCUT2D eigenvalue weighted by molar-refractivity contribution is 6.10. The predicted octanol–water partition coefficient (Wildman–Crippen LogP) is 1.83. The average molecular weight is 323 g/mol. The Morgan fingerprint density at radius 1 is 1.29 bits per heavy atom. The van der Waals surface area contributed by atoms with E-state index in [0.717, 1.165) is 11.1 Å². The highest BCUT2D eigenvalue weighted by Crippen LogP contribution is 2.30. The summed E-state index contributed by atoms with van der Waals surface area (Å²) in [5, 5.41) is 2.79. The second kappa shape index (κ2) is 6.54. The van der Waals surface area contributed by atoms with Crippen molar-refractivity contribution in [3.05, 3.63) is 65.9 Å². The number of carbonyl (C=O) groups excluding carboxylic acids is 2. The lowest BCUT2D eigenvalue weighted by molar-refractivity contribution is -0.121. The topological polar surface area (TPSA) is 71.5 Å². The normalized spacial score (nSPS) is 13.0. The number of nitrogens with zero attached hydrogens (tertiary/aromatic N) is 2. The molecule has 6 nitrogen and oxygen atoms in total. The number of hydrogen-bond acceptors (Lipinski definition) is 4. The summed E-state index contributed by atoms with van der Waals surface area (Å²) in [6, 6.07) is 10.7. The molecule has 1 aliphatic rings. The molecule has 2 amide bonds. The second-order valence-electron chi connectivity index (χ2n) is 5.37. The number of hydrogen-bond donors (Lipinski definition) is 1. The number of pyridine rings is 1. The van der Waals surface area contributed by atoms with E-state index in [9.17, 15) is 9.59 Å². The van der Waals surface area contributed by atoms with Crippen LogP contribution in [0.5, 0.6) is 5.88 Å². The van der Waals surface area contributed by atoms with Gasteiger partial charge in [-0.3, -0.25) is 14.5 Å². The van der Waals surface area contributed by atoms with Crippen molar-refractivity contribution in [1.82, 2.24) is 15.2 Å². The molecular weight excluding hydrogens is 306 g/mol. The molecule has 0 aliphatic carbocycles. The SMILES string of the molecule is C=C1c2ccccc2C(=O)N1CC(=O)NCc1ccnc(OC)c1. The van der Waals surface area contributed by atoms with E-state index < -0.39 is 0 Å². The molecule has 1 aromatic carbocycles. The Morgan fingerprint density at radius 3 is 2.75 bits per heavy atom. The molecule has 24 heavy (non-hydrogen) atoms. The first-order valence-corrected chi connectivity index (χ1v) is 7.46. The average Bonchev–Trinajstić information content (AvgIpc) is 2.85. The van der Waals surface area contributed by atoms with Gasteiger partial charge in [0, 0.05) is 35.6 Å². The van der Waals surface area contributed by atoms with E-state index in [4.69, 9.17) is 4.74 Å². The molecule has 0 radical (unpaired) electrons. The summed E-state index contributed by atoms with van der Waals surface area (Å²) in [7, 11) is 1.53. The largest absolute Gasteiger partial charge is 0.481 e. The van der Waals surface area contributed by atoms with Gasteiger partial charge in [0.25, 0.3) is 5.91 Å². The summed E-state index contributed by atoms with van der Waals surface area (Å²) < 4.78 is 5.04. The highest BCUT2D eigenvalue weighted by Gasteiger charge is 2.31. The van der Waals surface area contributed by atoms with Gasteiger partial charge in [-0.1, -0.05) is 24.8 Å². The summed E-state index contributed by atoms with van der Waals surface area (Å²) in [6.45, 7) is 4.19. The standard InChI is InChI=1S/C18H17N3O3/c1-12-14-5-3-4-6-15(14)18(23)21(12)11-16(22)20-10-13-7-8-19-17(9-13)24-2/h3-9H,1,10-11H2,2H3,(H,20,22). The molecule has 0 saturated heterocycles. The quantitative estimate of drug-likeness (QED) is 0.911. The van der Waals surface area contributed by atoms with Crippen LogP contribution in [0.3, 0.4) is 0 Å². The van der Waals surface area contributed by atoms with Crippen LogP contribution in [0.1, 0.15) is 21.5 Å². The van der Waals surface area contributed by atoms with E-state index in [1.54, 1.807) is 30.5 Å². The molecule has 2 aromatic rings. The fraction of sp³-hybridized carbons (Fsp3) is 0.167. The van der Waals surface area contributed by atoms with Crippen molar-refractivity contribution in [3.8, 4) is 5.88 Å². The van der Waals surface area contributed by atoms with Crippen molar-refractivity contribution in [2.75, 3.05) is 13.7 Å². The summed E-state index contributed by atoms with van der Waals surface area (Å²) in [4.78, 5) is 29.9. The van der Waals surface area contributed by atoms with Crippen LogP contribution in [-0.4, -0.2) is 35.4 Å². The fourth-order valence-corrected chi connectivity index (χ4v) is 2.57. The summed E-state index contributed by atoms with van der Waals surface area (Å²) >= 11 is 0. The Morgan fingerprint density at radius 2 is 2.04 bits per heavy atom. The van der Waals surface area contributed by atoms with Gasteiger partial charge in [-0.15, -0.1) is 0 Å². The Bertz CT molecular complexity index is 782. The third kappa shape index (κ3) is 2.99. The number of ether oxygens (including phenoxy) is 1. The number of nitrogens with one attached hydrogen (secondary N) is 1. The van der Waals surface area contributed by atoms with Gasteiger partial charge in [0.05, 0.1) is 7.11 Å². The number of aromatic nitrogens is 1. The highest BCUT2D eigenvalue weighted by atomic mass is 16.5. The molecule has 0 fully saturated rings. The van der Waals surface area contributed by atoms with Gasteiger partial charge in [0.2, 0.25) is 11.8 Å². The van der Waals surface area contributed by atoms with E-state index in [-0.39, 0.29) is 18.4 Å². The Kier molecular flexibility index (Phi) is 4.29. The second-order valence-corrected chi connectivity index (χ2v) is 5.37. The van der Waals surface area contributed by atoms with Crippen LogP contribution in [0.4, 0.5) is 0 Å². The van der Waals surface area contributed by atoms with Crippen molar-refractivity contribution in [3.63, 3.8) is 0 Å². The van der Waals surface area contributed by atoms with Crippen LogP contribution in [0.25, 0.3) is 5.70 Å².